The molecule has 0 aliphatic carbocycles. The first-order chi connectivity index (χ1) is 11.6. The van der Waals surface area contributed by atoms with Gasteiger partial charge in [-0.25, -0.2) is 9.97 Å². The van der Waals surface area contributed by atoms with Gasteiger partial charge in [0.15, 0.2) is 10.9 Å². The number of Topliss-reactive ketones (excluding diaryl/α,β-unsaturated/α-hetero) is 1. The standard InChI is InChI=1S/C20H18N2OS/c1-14-13-15(2)22-20(21-14)24-19(17-11-7-4-8-12-17)18(23)16-9-5-3-6-10-16/h3-13,19H,1-2H3/t19-/m1/s1. The Labute approximate surface area is 146 Å². The molecule has 0 N–H and O–H groups in total. The molecule has 2 aromatic carbocycles. The monoisotopic (exact) mass is 334 g/mol. The van der Waals surface area contributed by atoms with E-state index in [4.69, 9.17) is 0 Å². The summed E-state index contributed by atoms with van der Waals surface area (Å²) in [6.07, 6.45) is 0. The van der Waals surface area contributed by atoms with Gasteiger partial charge in [0.25, 0.3) is 0 Å². The Balaban J connectivity index is 1.98. The van der Waals surface area contributed by atoms with E-state index in [1.165, 1.54) is 11.8 Å². The summed E-state index contributed by atoms with van der Waals surface area (Å²) in [5.41, 5.74) is 3.47. The Morgan fingerprint density at radius 1 is 0.875 bits per heavy atom. The third-order valence-corrected chi connectivity index (χ3v) is 4.70. The van der Waals surface area contributed by atoms with Crippen LogP contribution in [0.15, 0.2) is 71.9 Å². The summed E-state index contributed by atoms with van der Waals surface area (Å²) in [7, 11) is 0. The van der Waals surface area contributed by atoms with E-state index in [0.717, 1.165) is 17.0 Å². The van der Waals surface area contributed by atoms with Gasteiger partial charge in [-0.3, -0.25) is 4.79 Å². The second kappa shape index (κ2) is 7.41. The van der Waals surface area contributed by atoms with Gasteiger partial charge in [0.1, 0.15) is 5.25 Å². The van der Waals surface area contributed by atoms with E-state index in [-0.39, 0.29) is 11.0 Å². The van der Waals surface area contributed by atoms with Crippen molar-refractivity contribution in [3.05, 3.63) is 89.2 Å². The number of ketones is 1. The van der Waals surface area contributed by atoms with E-state index in [1.54, 1.807) is 0 Å². The molecule has 1 aromatic heterocycles. The molecule has 3 rings (SSSR count). The number of aryl methyl sites for hydroxylation is 2. The zero-order chi connectivity index (χ0) is 16.9. The molecule has 0 aliphatic heterocycles. The highest BCUT2D eigenvalue weighted by atomic mass is 32.2. The summed E-state index contributed by atoms with van der Waals surface area (Å²) >= 11 is 1.40. The highest BCUT2D eigenvalue weighted by Crippen LogP contribution is 2.36. The Hall–Kier alpha value is -2.46. The van der Waals surface area contributed by atoms with Crippen LogP contribution >= 0.6 is 11.8 Å². The van der Waals surface area contributed by atoms with Gasteiger partial charge in [0, 0.05) is 17.0 Å². The van der Waals surface area contributed by atoms with Crippen LogP contribution in [0, 0.1) is 13.8 Å². The first-order valence-electron chi connectivity index (χ1n) is 7.76. The second-order valence-corrected chi connectivity index (χ2v) is 6.64. The minimum Gasteiger partial charge on any atom is -0.293 e. The molecule has 4 heteroatoms. The van der Waals surface area contributed by atoms with Gasteiger partial charge < -0.3 is 0 Å². The fourth-order valence-electron chi connectivity index (χ4n) is 2.51. The quantitative estimate of drug-likeness (QED) is 0.381. The predicted molar refractivity (Wildman–Crippen MR) is 97.3 cm³/mol. The van der Waals surface area contributed by atoms with Crippen molar-refractivity contribution in [2.45, 2.75) is 24.3 Å². The SMILES string of the molecule is Cc1cc(C)nc(S[C@@H](C(=O)c2ccccc2)c2ccccc2)n1. The largest absolute Gasteiger partial charge is 0.293 e. The molecule has 0 fully saturated rings. The van der Waals surface area contributed by atoms with Crippen molar-refractivity contribution in [1.29, 1.82) is 0 Å². The average molecular weight is 334 g/mol. The average Bonchev–Trinajstić information content (AvgIpc) is 2.60. The lowest BCUT2D eigenvalue weighted by molar-refractivity contribution is 0.0989. The van der Waals surface area contributed by atoms with E-state index in [9.17, 15) is 4.79 Å². The third-order valence-electron chi connectivity index (χ3n) is 3.58. The predicted octanol–water partition coefficient (Wildman–Crippen LogP) is 4.81. The first-order valence-corrected chi connectivity index (χ1v) is 8.64. The van der Waals surface area contributed by atoms with Gasteiger partial charge in [0.05, 0.1) is 0 Å². The van der Waals surface area contributed by atoms with Gasteiger partial charge in [0.2, 0.25) is 0 Å². The Bertz CT molecular complexity index is 815. The normalized spacial score (nSPS) is 11.9. The lowest BCUT2D eigenvalue weighted by Gasteiger charge is -2.15. The van der Waals surface area contributed by atoms with Crippen LogP contribution < -0.4 is 0 Å². The zero-order valence-electron chi connectivity index (χ0n) is 13.6. The van der Waals surface area contributed by atoms with E-state index in [1.807, 2.05) is 80.6 Å². The van der Waals surface area contributed by atoms with E-state index in [0.29, 0.717) is 10.7 Å². The molecule has 3 aromatic rings. The molecule has 1 atom stereocenters. The van der Waals surface area contributed by atoms with Crippen molar-refractivity contribution in [2.75, 3.05) is 0 Å². The van der Waals surface area contributed by atoms with Crippen molar-refractivity contribution in [1.82, 2.24) is 9.97 Å². The number of thioether (sulfide) groups is 1. The van der Waals surface area contributed by atoms with Crippen LogP contribution in [0.3, 0.4) is 0 Å². The van der Waals surface area contributed by atoms with Gasteiger partial charge >= 0.3 is 0 Å². The molecule has 0 radical (unpaired) electrons. The maximum absolute atomic E-state index is 13.0. The molecule has 0 aliphatic rings. The number of hydrogen-bond donors (Lipinski definition) is 0. The summed E-state index contributed by atoms with van der Waals surface area (Å²) < 4.78 is 0. The fourth-order valence-corrected chi connectivity index (χ4v) is 3.65. The highest BCUT2D eigenvalue weighted by molar-refractivity contribution is 8.00. The van der Waals surface area contributed by atoms with Crippen molar-refractivity contribution < 1.29 is 4.79 Å². The van der Waals surface area contributed by atoms with Crippen molar-refractivity contribution >= 4 is 17.5 Å². The molecule has 24 heavy (non-hydrogen) atoms. The van der Waals surface area contributed by atoms with Gasteiger partial charge in [-0.2, -0.15) is 0 Å². The van der Waals surface area contributed by atoms with Crippen molar-refractivity contribution in [3.63, 3.8) is 0 Å². The lowest BCUT2D eigenvalue weighted by atomic mass is 10.0. The summed E-state index contributed by atoms with van der Waals surface area (Å²) in [6, 6.07) is 21.1. The maximum atomic E-state index is 13.0. The highest BCUT2D eigenvalue weighted by Gasteiger charge is 2.24. The molecule has 0 bridgehead atoms. The van der Waals surface area contributed by atoms with E-state index < -0.39 is 0 Å². The van der Waals surface area contributed by atoms with Gasteiger partial charge in [-0.15, -0.1) is 0 Å². The topological polar surface area (TPSA) is 42.9 Å². The van der Waals surface area contributed by atoms with Crippen LogP contribution in [0.4, 0.5) is 0 Å². The van der Waals surface area contributed by atoms with Crippen LogP contribution in [0.25, 0.3) is 0 Å². The molecular weight excluding hydrogens is 316 g/mol. The summed E-state index contributed by atoms with van der Waals surface area (Å²) in [5, 5.41) is 0.264. The van der Waals surface area contributed by atoms with Crippen molar-refractivity contribution in [3.8, 4) is 0 Å². The first kappa shape index (κ1) is 16.4. The fraction of sp³-hybridized carbons (Fsp3) is 0.150. The van der Waals surface area contributed by atoms with E-state index >= 15 is 0 Å². The number of carbonyl (C=O) groups excluding carboxylic acids is 1. The van der Waals surface area contributed by atoms with Crippen LogP contribution in [-0.2, 0) is 0 Å². The smallest absolute Gasteiger partial charge is 0.189 e. The molecule has 3 nitrogen and oxygen atoms in total. The molecule has 0 saturated heterocycles. The Morgan fingerprint density at radius 3 is 2.00 bits per heavy atom. The van der Waals surface area contributed by atoms with E-state index in [2.05, 4.69) is 9.97 Å². The molecule has 0 unspecified atom stereocenters. The van der Waals surface area contributed by atoms with Gasteiger partial charge in [-0.05, 0) is 25.5 Å². The molecule has 0 saturated carbocycles. The summed E-state index contributed by atoms with van der Waals surface area (Å²) in [4.78, 5) is 22.0. The lowest BCUT2D eigenvalue weighted by Crippen LogP contribution is -2.11. The van der Waals surface area contributed by atoms with Crippen LogP contribution in [0.2, 0.25) is 0 Å². The third kappa shape index (κ3) is 3.89. The van der Waals surface area contributed by atoms with Crippen LogP contribution in [0.1, 0.15) is 32.6 Å². The molecular formula is C20H18N2OS. The minimum atomic E-state index is -0.366. The summed E-state index contributed by atoms with van der Waals surface area (Å²) in [5.74, 6) is 0.0644. The zero-order valence-corrected chi connectivity index (χ0v) is 14.5. The minimum absolute atomic E-state index is 0.0644. The molecule has 1 heterocycles. The molecule has 120 valence electrons. The number of benzene rings is 2. The number of nitrogens with zero attached hydrogens (tertiary/aromatic N) is 2. The molecule has 0 spiro atoms. The maximum Gasteiger partial charge on any atom is 0.189 e. The molecule has 0 amide bonds. The van der Waals surface area contributed by atoms with Crippen LogP contribution in [-0.4, -0.2) is 15.8 Å². The Morgan fingerprint density at radius 2 is 1.42 bits per heavy atom. The number of carbonyl (C=O) groups is 1. The van der Waals surface area contributed by atoms with Gasteiger partial charge in [-0.1, -0.05) is 72.4 Å². The Kier molecular flexibility index (Phi) is 5.06. The number of aromatic nitrogens is 2. The number of hydrogen-bond acceptors (Lipinski definition) is 4. The van der Waals surface area contributed by atoms with Crippen molar-refractivity contribution in [2.24, 2.45) is 0 Å². The summed E-state index contributed by atoms with van der Waals surface area (Å²) in [6.45, 7) is 3.88. The number of rotatable bonds is 5. The second-order valence-electron chi connectivity index (χ2n) is 5.57. The van der Waals surface area contributed by atoms with Crippen LogP contribution in [0.5, 0.6) is 0 Å².